The Labute approximate surface area is 203 Å². The molecule has 34 heavy (non-hydrogen) atoms. The van der Waals surface area contributed by atoms with Gasteiger partial charge in [-0.3, -0.25) is 4.98 Å². The van der Waals surface area contributed by atoms with E-state index in [0.29, 0.717) is 19.0 Å². The quantitative estimate of drug-likeness (QED) is 0.375. The number of ether oxygens (including phenoxy) is 2. The van der Waals surface area contributed by atoms with E-state index in [9.17, 15) is 0 Å². The topological polar surface area (TPSA) is 37.8 Å². The first-order valence-electron chi connectivity index (χ1n) is 11.8. The molecule has 0 bridgehead atoms. The van der Waals surface area contributed by atoms with Crippen LogP contribution in [0.4, 0.5) is 5.69 Å². The van der Waals surface area contributed by atoms with Gasteiger partial charge < -0.3 is 19.3 Å². The minimum Gasteiger partial charge on any atom is -0.489 e. The number of rotatable bonds is 10. The highest BCUT2D eigenvalue weighted by atomic mass is 16.5. The van der Waals surface area contributed by atoms with E-state index in [1.54, 1.807) is 6.20 Å². The smallest absolute Gasteiger partial charge is 0.127 e. The summed E-state index contributed by atoms with van der Waals surface area (Å²) in [6, 6.07) is 22.5. The van der Waals surface area contributed by atoms with Crippen molar-refractivity contribution in [3.8, 4) is 5.75 Å². The number of aryl methyl sites for hydroxylation is 1. The second kappa shape index (κ2) is 11.4. The zero-order valence-electron chi connectivity index (χ0n) is 20.0. The van der Waals surface area contributed by atoms with Crippen LogP contribution in [0.25, 0.3) is 5.76 Å². The third-order valence-electron chi connectivity index (χ3n) is 6.09. The molecule has 0 atom stereocenters. The Morgan fingerprint density at radius 1 is 0.941 bits per heavy atom. The molecule has 0 saturated carbocycles. The van der Waals surface area contributed by atoms with Crippen molar-refractivity contribution < 1.29 is 9.47 Å². The molecule has 2 aromatic carbocycles. The molecule has 0 aliphatic carbocycles. The number of benzene rings is 2. The molecule has 0 unspecified atom stereocenters. The van der Waals surface area contributed by atoms with Crippen molar-refractivity contribution in [2.24, 2.45) is 0 Å². The summed E-state index contributed by atoms with van der Waals surface area (Å²) in [7, 11) is 0. The van der Waals surface area contributed by atoms with Gasteiger partial charge in [0.25, 0.3) is 0 Å². The number of aromatic nitrogens is 1. The number of hydrogen-bond acceptors (Lipinski definition) is 5. The average Bonchev–Trinajstić information content (AvgIpc) is 2.91. The lowest BCUT2D eigenvalue weighted by atomic mass is 10.2. The molecular weight excluding hydrogens is 422 g/mol. The first-order valence-corrected chi connectivity index (χ1v) is 11.8. The van der Waals surface area contributed by atoms with Crippen LogP contribution in [0.3, 0.4) is 0 Å². The molecule has 4 rings (SSSR count). The summed E-state index contributed by atoms with van der Waals surface area (Å²) < 4.78 is 11.8. The van der Waals surface area contributed by atoms with E-state index < -0.39 is 0 Å². The second-order valence-electron chi connectivity index (χ2n) is 8.41. The second-order valence-corrected chi connectivity index (χ2v) is 8.41. The molecule has 1 saturated heterocycles. The predicted octanol–water partition coefficient (Wildman–Crippen LogP) is 5.55. The summed E-state index contributed by atoms with van der Waals surface area (Å²) in [5.41, 5.74) is 5.37. The molecular formula is C29H33N3O2. The van der Waals surface area contributed by atoms with Crippen molar-refractivity contribution in [1.82, 2.24) is 9.88 Å². The fourth-order valence-corrected chi connectivity index (χ4v) is 3.96. The van der Waals surface area contributed by atoms with Crippen LogP contribution in [0.5, 0.6) is 5.75 Å². The van der Waals surface area contributed by atoms with Crippen LogP contribution in [0.2, 0.25) is 0 Å². The maximum atomic E-state index is 5.93. The third kappa shape index (κ3) is 6.19. The highest BCUT2D eigenvalue weighted by molar-refractivity contribution is 5.57. The number of anilines is 1. The molecule has 0 amide bonds. The van der Waals surface area contributed by atoms with E-state index in [4.69, 9.17) is 9.47 Å². The number of pyridine rings is 1. The molecule has 5 nitrogen and oxygen atoms in total. The Hall–Kier alpha value is -3.73. The highest BCUT2D eigenvalue weighted by Crippen LogP contribution is 2.23. The summed E-state index contributed by atoms with van der Waals surface area (Å²) in [5.74, 6) is 1.55. The Morgan fingerprint density at radius 2 is 1.68 bits per heavy atom. The lowest BCUT2D eigenvalue weighted by Crippen LogP contribution is -2.46. The third-order valence-corrected chi connectivity index (χ3v) is 6.09. The van der Waals surface area contributed by atoms with Gasteiger partial charge in [-0.2, -0.15) is 0 Å². The van der Waals surface area contributed by atoms with Gasteiger partial charge in [-0.25, -0.2) is 0 Å². The van der Waals surface area contributed by atoms with Crippen molar-refractivity contribution in [2.75, 3.05) is 37.7 Å². The summed E-state index contributed by atoms with van der Waals surface area (Å²) in [5, 5.41) is 0. The summed E-state index contributed by atoms with van der Waals surface area (Å²) in [4.78, 5) is 9.03. The van der Waals surface area contributed by atoms with Gasteiger partial charge in [0.15, 0.2) is 0 Å². The number of hydrogen-bond donors (Lipinski definition) is 0. The van der Waals surface area contributed by atoms with E-state index in [1.807, 2.05) is 42.5 Å². The zero-order chi connectivity index (χ0) is 23.8. The van der Waals surface area contributed by atoms with Crippen LogP contribution in [-0.2, 0) is 17.8 Å². The van der Waals surface area contributed by atoms with Crippen LogP contribution >= 0.6 is 0 Å². The van der Waals surface area contributed by atoms with Crippen LogP contribution in [0.15, 0.2) is 91.8 Å². The van der Waals surface area contributed by atoms with Gasteiger partial charge in [-0.05, 0) is 48.4 Å². The van der Waals surface area contributed by atoms with Crippen molar-refractivity contribution in [3.63, 3.8) is 0 Å². The van der Waals surface area contributed by atoms with Crippen molar-refractivity contribution in [1.29, 1.82) is 0 Å². The van der Waals surface area contributed by atoms with Crippen LogP contribution in [0.1, 0.15) is 23.7 Å². The normalized spacial score (nSPS) is 13.4. The minimum atomic E-state index is 0.441. The maximum Gasteiger partial charge on any atom is 0.127 e. The van der Waals surface area contributed by atoms with E-state index in [0.717, 1.165) is 55.3 Å². The lowest BCUT2D eigenvalue weighted by Gasteiger charge is -2.38. The Kier molecular flexibility index (Phi) is 7.87. The summed E-state index contributed by atoms with van der Waals surface area (Å²) in [6.45, 7) is 15.1. The van der Waals surface area contributed by atoms with Gasteiger partial charge in [-0.15, -0.1) is 0 Å². The predicted molar refractivity (Wildman–Crippen MR) is 139 cm³/mol. The number of nitrogens with zero attached hydrogens (tertiary/aromatic N) is 3. The molecule has 5 heteroatoms. The Bertz CT molecular complexity index is 1090. The van der Waals surface area contributed by atoms with Crippen LogP contribution in [-0.4, -0.2) is 42.7 Å². The molecule has 1 aromatic heterocycles. The zero-order valence-corrected chi connectivity index (χ0v) is 20.0. The molecule has 0 spiro atoms. The Balaban J connectivity index is 1.21. The van der Waals surface area contributed by atoms with Crippen molar-refractivity contribution in [2.45, 2.75) is 20.0 Å². The van der Waals surface area contributed by atoms with Crippen molar-refractivity contribution in [3.05, 3.63) is 109 Å². The summed E-state index contributed by atoms with van der Waals surface area (Å²) in [6.07, 6.45) is 2.69. The number of piperazine rings is 1. The first kappa shape index (κ1) is 23.4. The van der Waals surface area contributed by atoms with Gasteiger partial charge in [0, 0.05) is 55.0 Å². The van der Waals surface area contributed by atoms with Gasteiger partial charge in [0.2, 0.25) is 0 Å². The molecule has 1 aliphatic rings. The van der Waals surface area contributed by atoms with Crippen molar-refractivity contribution >= 4 is 11.4 Å². The summed E-state index contributed by atoms with van der Waals surface area (Å²) >= 11 is 0. The maximum absolute atomic E-state index is 5.93. The van der Waals surface area contributed by atoms with Gasteiger partial charge >= 0.3 is 0 Å². The van der Waals surface area contributed by atoms with Crippen LogP contribution < -0.4 is 9.64 Å². The minimum absolute atomic E-state index is 0.441. The Morgan fingerprint density at radius 3 is 2.38 bits per heavy atom. The molecule has 3 aromatic rings. The molecule has 1 aliphatic heterocycles. The lowest BCUT2D eigenvalue weighted by molar-refractivity contribution is 0.237. The molecule has 0 radical (unpaired) electrons. The van der Waals surface area contributed by atoms with Crippen LogP contribution in [0, 0.1) is 0 Å². The molecule has 0 N–H and O–H groups in total. The van der Waals surface area contributed by atoms with E-state index >= 15 is 0 Å². The largest absolute Gasteiger partial charge is 0.489 e. The average molecular weight is 456 g/mol. The van der Waals surface area contributed by atoms with E-state index in [-0.39, 0.29) is 0 Å². The van der Waals surface area contributed by atoms with Gasteiger partial charge in [0.05, 0.1) is 0 Å². The highest BCUT2D eigenvalue weighted by Gasteiger charge is 2.19. The fourth-order valence-electron chi connectivity index (χ4n) is 3.96. The van der Waals surface area contributed by atoms with Gasteiger partial charge in [-0.1, -0.05) is 50.4 Å². The van der Waals surface area contributed by atoms with Gasteiger partial charge in [0.1, 0.15) is 24.7 Å². The standard InChI is InChI=1S/C29H33N3O2/c1-4-27-20-26(14-15-30-27)24(3)33-21-23(2)31-16-18-32(19-17-31)28-10-12-29(13-11-28)34-22-25-8-6-5-7-9-25/h5-15,20H,2-4,16-19,21-22H2,1H3. The monoisotopic (exact) mass is 455 g/mol. The van der Waals surface area contributed by atoms with E-state index in [2.05, 4.69) is 59.1 Å². The molecule has 1 fully saturated rings. The molecule has 2 heterocycles. The first-order chi connectivity index (χ1) is 16.6. The fraction of sp³-hybridized carbons (Fsp3) is 0.276. The van der Waals surface area contributed by atoms with E-state index in [1.165, 1.54) is 11.3 Å². The SMILES string of the molecule is C=C(OCC(=C)N1CCN(c2ccc(OCc3ccccc3)cc2)CC1)c1ccnc(CC)c1. The molecule has 176 valence electrons.